The molecule has 8 heteroatoms. The molecule has 2 N–H and O–H groups in total. The lowest BCUT2D eigenvalue weighted by molar-refractivity contribution is -0.117. The third-order valence-corrected chi connectivity index (χ3v) is 7.03. The van der Waals surface area contributed by atoms with Gasteiger partial charge in [0.1, 0.15) is 13.2 Å². The number of thiazole rings is 1. The monoisotopic (exact) mass is 460 g/mol. The van der Waals surface area contributed by atoms with Gasteiger partial charge in [-0.05, 0) is 43.1 Å². The number of likely N-dealkylation sites (tertiary alicyclic amines) is 1. The SMILES string of the molecule is O=C(CN1CCC[C@@H]1c1ccc2c(c1)OCCO2)Nc1nc(-c2c[nH]c3ccccc23)cs1. The van der Waals surface area contributed by atoms with Crippen molar-refractivity contribution in [3.63, 3.8) is 0 Å². The van der Waals surface area contributed by atoms with Gasteiger partial charge < -0.3 is 19.8 Å². The van der Waals surface area contributed by atoms with Crippen molar-refractivity contribution in [3.8, 4) is 22.8 Å². The highest BCUT2D eigenvalue weighted by molar-refractivity contribution is 7.14. The molecule has 0 spiro atoms. The number of benzene rings is 2. The van der Waals surface area contributed by atoms with Crippen molar-refractivity contribution in [2.45, 2.75) is 18.9 Å². The number of fused-ring (bicyclic) bond motifs is 2. The van der Waals surface area contributed by atoms with Crippen LogP contribution in [0, 0.1) is 0 Å². The molecule has 6 rings (SSSR count). The zero-order valence-corrected chi connectivity index (χ0v) is 18.9. The van der Waals surface area contributed by atoms with Crippen molar-refractivity contribution in [1.82, 2.24) is 14.9 Å². The standard InChI is InChI=1S/C25H24N4O3S/c30-24(28-25-27-20(15-33-25)18-13-26-19-5-2-1-4-17(18)19)14-29-9-3-6-21(29)16-7-8-22-23(12-16)32-11-10-31-22/h1-2,4-5,7-8,12-13,15,21,26H,3,6,9-11,14H2,(H,27,28,30)/t21-/m1/s1. The predicted octanol–water partition coefficient (Wildman–Crippen LogP) is 4.84. The van der Waals surface area contributed by atoms with E-state index in [2.05, 4.69) is 38.4 Å². The van der Waals surface area contributed by atoms with Crippen molar-refractivity contribution in [2.24, 2.45) is 0 Å². The second-order valence-electron chi connectivity index (χ2n) is 8.37. The number of H-pyrrole nitrogens is 1. The van der Waals surface area contributed by atoms with Crippen LogP contribution in [0.2, 0.25) is 0 Å². The number of ether oxygens (including phenoxy) is 2. The number of carbonyl (C=O) groups excluding carboxylic acids is 1. The molecule has 2 aliphatic heterocycles. The molecule has 0 bridgehead atoms. The van der Waals surface area contributed by atoms with Gasteiger partial charge in [-0.3, -0.25) is 9.69 Å². The first kappa shape index (κ1) is 20.3. The third-order valence-electron chi connectivity index (χ3n) is 6.28. The van der Waals surface area contributed by atoms with Crippen LogP contribution in [0.25, 0.3) is 22.2 Å². The molecule has 1 amide bonds. The van der Waals surface area contributed by atoms with Crippen LogP contribution in [0.3, 0.4) is 0 Å². The van der Waals surface area contributed by atoms with E-state index < -0.39 is 0 Å². The number of hydrogen-bond donors (Lipinski definition) is 2. The van der Waals surface area contributed by atoms with Gasteiger partial charge in [0.05, 0.1) is 12.2 Å². The lowest BCUT2D eigenvalue weighted by atomic mass is 10.0. The van der Waals surface area contributed by atoms with Crippen LogP contribution in [0.1, 0.15) is 24.4 Å². The largest absolute Gasteiger partial charge is 0.486 e. The summed E-state index contributed by atoms with van der Waals surface area (Å²) in [6, 6.07) is 14.5. The smallest absolute Gasteiger partial charge is 0.240 e. The zero-order chi connectivity index (χ0) is 22.2. The number of carbonyl (C=O) groups is 1. The molecular weight excluding hydrogens is 436 g/mol. The number of nitrogens with one attached hydrogen (secondary N) is 2. The lowest BCUT2D eigenvalue weighted by Gasteiger charge is -2.26. The maximum atomic E-state index is 12.8. The van der Waals surface area contributed by atoms with Crippen molar-refractivity contribution in [2.75, 3.05) is 31.6 Å². The predicted molar refractivity (Wildman–Crippen MR) is 129 cm³/mol. The maximum absolute atomic E-state index is 12.8. The fourth-order valence-corrected chi connectivity index (χ4v) is 5.47. The summed E-state index contributed by atoms with van der Waals surface area (Å²) >= 11 is 1.45. The Balaban J connectivity index is 1.14. The van der Waals surface area contributed by atoms with Crippen LogP contribution in [0.4, 0.5) is 5.13 Å². The van der Waals surface area contributed by atoms with E-state index in [0.717, 1.165) is 53.0 Å². The van der Waals surface area contributed by atoms with E-state index in [0.29, 0.717) is 24.9 Å². The van der Waals surface area contributed by atoms with Crippen LogP contribution < -0.4 is 14.8 Å². The first-order valence-electron chi connectivity index (χ1n) is 11.2. The summed E-state index contributed by atoms with van der Waals surface area (Å²) in [5.74, 6) is 1.55. The summed E-state index contributed by atoms with van der Waals surface area (Å²) in [5, 5.41) is 6.72. The van der Waals surface area contributed by atoms with Gasteiger partial charge in [0.2, 0.25) is 5.91 Å². The summed E-state index contributed by atoms with van der Waals surface area (Å²) < 4.78 is 11.4. The van der Waals surface area contributed by atoms with Gasteiger partial charge in [0.15, 0.2) is 16.6 Å². The molecular formula is C25H24N4O3S. The Hall–Kier alpha value is -3.36. The number of aromatic amines is 1. The van der Waals surface area contributed by atoms with Gasteiger partial charge in [-0.15, -0.1) is 11.3 Å². The van der Waals surface area contributed by atoms with Gasteiger partial charge in [-0.1, -0.05) is 24.3 Å². The number of anilines is 1. The Morgan fingerprint density at radius 1 is 1.18 bits per heavy atom. The summed E-state index contributed by atoms with van der Waals surface area (Å²) in [6.45, 7) is 2.38. The number of para-hydroxylation sites is 1. The minimum absolute atomic E-state index is 0.0423. The summed E-state index contributed by atoms with van der Waals surface area (Å²) in [4.78, 5) is 23.0. The van der Waals surface area contributed by atoms with E-state index in [1.807, 2.05) is 35.8 Å². The third kappa shape index (κ3) is 3.96. The van der Waals surface area contributed by atoms with Crippen LogP contribution in [-0.2, 0) is 4.79 Å². The van der Waals surface area contributed by atoms with Crippen LogP contribution in [0.15, 0.2) is 54.0 Å². The zero-order valence-electron chi connectivity index (χ0n) is 18.0. The second kappa shape index (κ2) is 8.53. The first-order chi connectivity index (χ1) is 16.2. The van der Waals surface area contributed by atoms with Gasteiger partial charge >= 0.3 is 0 Å². The van der Waals surface area contributed by atoms with E-state index in [9.17, 15) is 4.79 Å². The lowest BCUT2D eigenvalue weighted by Crippen LogP contribution is -2.33. The van der Waals surface area contributed by atoms with E-state index in [1.54, 1.807) is 0 Å². The van der Waals surface area contributed by atoms with Gasteiger partial charge in [-0.2, -0.15) is 0 Å². The van der Waals surface area contributed by atoms with Crippen LogP contribution >= 0.6 is 11.3 Å². The minimum atomic E-state index is -0.0423. The van der Waals surface area contributed by atoms with Crippen molar-refractivity contribution in [3.05, 3.63) is 59.6 Å². The quantitative estimate of drug-likeness (QED) is 0.446. The normalized spacial score (nSPS) is 18.0. The van der Waals surface area contributed by atoms with E-state index in [4.69, 9.17) is 9.47 Å². The number of amides is 1. The Labute approximate surface area is 195 Å². The molecule has 0 aliphatic carbocycles. The minimum Gasteiger partial charge on any atom is -0.486 e. The molecule has 0 saturated carbocycles. The fourth-order valence-electron chi connectivity index (χ4n) is 4.74. The molecule has 4 heterocycles. The van der Waals surface area contributed by atoms with E-state index in [-0.39, 0.29) is 11.9 Å². The molecule has 2 aromatic carbocycles. The summed E-state index contributed by atoms with van der Waals surface area (Å²) in [5.41, 5.74) is 4.15. The number of hydrogen-bond acceptors (Lipinski definition) is 6. The van der Waals surface area contributed by atoms with E-state index >= 15 is 0 Å². The number of rotatable bonds is 5. The number of nitrogens with zero attached hydrogens (tertiary/aromatic N) is 2. The Bertz CT molecular complexity index is 1310. The Morgan fingerprint density at radius 2 is 2.06 bits per heavy atom. The first-order valence-corrected chi connectivity index (χ1v) is 12.1. The molecule has 4 aromatic rings. The molecule has 168 valence electrons. The molecule has 7 nitrogen and oxygen atoms in total. The molecule has 33 heavy (non-hydrogen) atoms. The molecule has 1 saturated heterocycles. The highest BCUT2D eigenvalue weighted by Crippen LogP contribution is 2.38. The molecule has 1 atom stereocenters. The highest BCUT2D eigenvalue weighted by Gasteiger charge is 2.29. The van der Waals surface area contributed by atoms with Crippen molar-refractivity contribution >= 4 is 33.3 Å². The summed E-state index contributed by atoms with van der Waals surface area (Å²) in [6.07, 6.45) is 4.05. The van der Waals surface area contributed by atoms with Gasteiger partial charge in [-0.25, -0.2) is 4.98 Å². The van der Waals surface area contributed by atoms with E-state index in [1.165, 1.54) is 16.9 Å². The average molecular weight is 461 g/mol. The summed E-state index contributed by atoms with van der Waals surface area (Å²) in [7, 11) is 0. The molecule has 1 fully saturated rings. The van der Waals surface area contributed by atoms with Crippen LogP contribution in [-0.4, -0.2) is 47.1 Å². The topological polar surface area (TPSA) is 79.5 Å². The molecule has 0 unspecified atom stereocenters. The van der Waals surface area contributed by atoms with Crippen molar-refractivity contribution in [1.29, 1.82) is 0 Å². The van der Waals surface area contributed by atoms with Gasteiger partial charge in [0.25, 0.3) is 0 Å². The van der Waals surface area contributed by atoms with Crippen molar-refractivity contribution < 1.29 is 14.3 Å². The van der Waals surface area contributed by atoms with Crippen LogP contribution in [0.5, 0.6) is 11.5 Å². The molecule has 0 radical (unpaired) electrons. The number of aromatic nitrogens is 2. The fraction of sp³-hybridized carbons (Fsp3) is 0.280. The molecule has 2 aromatic heterocycles. The Morgan fingerprint density at radius 3 is 3.00 bits per heavy atom. The maximum Gasteiger partial charge on any atom is 0.240 e. The average Bonchev–Trinajstić information content (AvgIpc) is 3.58. The molecule has 2 aliphatic rings. The second-order valence-corrected chi connectivity index (χ2v) is 9.22. The van der Waals surface area contributed by atoms with Gasteiger partial charge in [0, 0.05) is 34.1 Å². The Kier molecular flexibility index (Phi) is 5.24. The highest BCUT2D eigenvalue weighted by atomic mass is 32.1.